The molecule has 0 spiro atoms. The van der Waals surface area contributed by atoms with Gasteiger partial charge in [0.2, 0.25) is 0 Å². The standard InChI is InChI=1S/C13H13Br2NS/c1-8-4-9(14)2-3-12(8)13(16)6-11-5-10(15)7-17-11/h2-5,7,13H,6,16H2,1H3. The molecule has 2 rings (SSSR count). The first-order chi connectivity index (χ1) is 8.06. The highest BCUT2D eigenvalue weighted by atomic mass is 79.9. The average molecular weight is 375 g/mol. The molecule has 0 aliphatic carbocycles. The van der Waals surface area contributed by atoms with E-state index in [1.54, 1.807) is 11.3 Å². The molecule has 0 radical (unpaired) electrons. The summed E-state index contributed by atoms with van der Waals surface area (Å²) in [6, 6.07) is 8.46. The highest BCUT2D eigenvalue weighted by Gasteiger charge is 2.11. The predicted octanol–water partition coefficient (Wildman–Crippen LogP) is 4.82. The molecule has 1 heterocycles. The van der Waals surface area contributed by atoms with E-state index in [1.165, 1.54) is 16.0 Å². The van der Waals surface area contributed by atoms with Gasteiger partial charge < -0.3 is 5.73 Å². The van der Waals surface area contributed by atoms with Gasteiger partial charge in [0.25, 0.3) is 0 Å². The van der Waals surface area contributed by atoms with Crippen molar-refractivity contribution in [2.24, 2.45) is 5.73 Å². The van der Waals surface area contributed by atoms with E-state index in [0.717, 1.165) is 15.4 Å². The lowest BCUT2D eigenvalue weighted by molar-refractivity contribution is 0.724. The van der Waals surface area contributed by atoms with Crippen LogP contribution in [0.25, 0.3) is 0 Å². The van der Waals surface area contributed by atoms with Gasteiger partial charge in [-0.2, -0.15) is 0 Å². The summed E-state index contributed by atoms with van der Waals surface area (Å²) in [6.45, 7) is 2.10. The maximum atomic E-state index is 6.26. The van der Waals surface area contributed by atoms with Crippen LogP contribution in [0, 0.1) is 6.92 Å². The Labute approximate surface area is 122 Å². The van der Waals surface area contributed by atoms with Gasteiger partial charge in [-0.25, -0.2) is 0 Å². The van der Waals surface area contributed by atoms with E-state index >= 15 is 0 Å². The molecule has 1 unspecified atom stereocenters. The van der Waals surface area contributed by atoms with Crippen LogP contribution in [0.4, 0.5) is 0 Å². The Hall–Kier alpha value is -0.160. The van der Waals surface area contributed by atoms with E-state index in [1.807, 2.05) is 6.07 Å². The molecule has 0 aliphatic rings. The summed E-state index contributed by atoms with van der Waals surface area (Å²) >= 11 is 8.68. The quantitative estimate of drug-likeness (QED) is 0.818. The molecular formula is C13H13Br2NS. The van der Waals surface area contributed by atoms with Gasteiger partial charge in [0.1, 0.15) is 0 Å². The minimum absolute atomic E-state index is 0.0636. The van der Waals surface area contributed by atoms with Gasteiger partial charge in [0.15, 0.2) is 0 Å². The van der Waals surface area contributed by atoms with Crippen molar-refractivity contribution in [2.75, 3.05) is 0 Å². The lowest BCUT2D eigenvalue weighted by atomic mass is 9.99. The van der Waals surface area contributed by atoms with E-state index in [0.29, 0.717) is 0 Å². The molecule has 0 fully saturated rings. The van der Waals surface area contributed by atoms with E-state index in [9.17, 15) is 0 Å². The van der Waals surface area contributed by atoms with Crippen molar-refractivity contribution in [3.63, 3.8) is 0 Å². The molecule has 0 saturated heterocycles. The van der Waals surface area contributed by atoms with Gasteiger partial charge in [-0.05, 0) is 52.2 Å². The largest absolute Gasteiger partial charge is 0.324 e. The molecule has 90 valence electrons. The summed E-state index contributed by atoms with van der Waals surface area (Å²) in [5, 5.41) is 2.09. The highest BCUT2D eigenvalue weighted by Crippen LogP contribution is 2.27. The number of hydrogen-bond donors (Lipinski definition) is 1. The molecule has 1 aromatic carbocycles. The smallest absolute Gasteiger partial charge is 0.0346 e. The van der Waals surface area contributed by atoms with Gasteiger partial charge in [-0.3, -0.25) is 0 Å². The van der Waals surface area contributed by atoms with Gasteiger partial charge in [0, 0.05) is 31.7 Å². The number of nitrogens with two attached hydrogens (primary N) is 1. The molecule has 17 heavy (non-hydrogen) atoms. The van der Waals surface area contributed by atoms with Gasteiger partial charge in [-0.15, -0.1) is 11.3 Å². The van der Waals surface area contributed by atoms with E-state index in [4.69, 9.17) is 5.73 Å². The van der Waals surface area contributed by atoms with Gasteiger partial charge in [0.05, 0.1) is 0 Å². The third-order valence-electron chi connectivity index (χ3n) is 2.67. The molecule has 0 aliphatic heterocycles. The maximum Gasteiger partial charge on any atom is 0.0346 e. The molecule has 4 heteroatoms. The van der Waals surface area contributed by atoms with Crippen LogP contribution >= 0.6 is 43.2 Å². The summed E-state index contributed by atoms with van der Waals surface area (Å²) in [7, 11) is 0. The summed E-state index contributed by atoms with van der Waals surface area (Å²) in [4.78, 5) is 1.31. The molecule has 2 aromatic rings. The Bertz CT molecular complexity index is 522. The van der Waals surface area contributed by atoms with E-state index in [2.05, 4.69) is 62.4 Å². The number of thiophene rings is 1. The van der Waals surface area contributed by atoms with Crippen molar-refractivity contribution in [3.05, 3.63) is 54.6 Å². The van der Waals surface area contributed by atoms with Crippen LogP contribution in [0.1, 0.15) is 22.0 Å². The average Bonchev–Trinajstić information content (AvgIpc) is 2.63. The first-order valence-electron chi connectivity index (χ1n) is 5.31. The predicted molar refractivity (Wildman–Crippen MR) is 81.5 cm³/mol. The number of rotatable bonds is 3. The summed E-state index contributed by atoms with van der Waals surface area (Å²) in [6.07, 6.45) is 0.888. The number of halogens is 2. The monoisotopic (exact) mass is 373 g/mol. The number of aryl methyl sites for hydroxylation is 1. The van der Waals surface area contributed by atoms with E-state index in [-0.39, 0.29) is 6.04 Å². The molecule has 1 nitrogen and oxygen atoms in total. The maximum absolute atomic E-state index is 6.26. The van der Waals surface area contributed by atoms with Crippen molar-refractivity contribution in [2.45, 2.75) is 19.4 Å². The zero-order valence-corrected chi connectivity index (χ0v) is 13.4. The molecule has 0 saturated carbocycles. The Morgan fingerprint density at radius 2 is 2.00 bits per heavy atom. The van der Waals surface area contributed by atoms with Crippen molar-refractivity contribution in [1.29, 1.82) is 0 Å². The van der Waals surface area contributed by atoms with Crippen molar-refractivity contribution < 1.29 is 0 Å². The van der Waals surface area contributed by atoms with Crippen molar-refractivity contribution in [1.82, 2.24) is 0 Å². The molecule has 1 atom stereocenters. The van der Waals surface area contributed by atoms with Crippen LogP contribution in [0.5, 0.6) is 0 Å². The van der Waals surface area contributed by atoms with Crippen molar-refractivity contribution in [3.8, 4) is 0 Å². The fourth-order valence-corrected chi connectivity index (χ4v) is 3.83. The summed E-state index contributed by atoms with van der Waals surface area (Å²) in [5.74, 6) is 0. The third-order valence-corrected chi connectivity index (χ3v) is 4.89. The lowest BCUT2D eigenvalue weighted by Crippen LogP contribution is -2.14. The van der Waals surface area contributed by atoms with Crippen LogP contribution < -0.4 is 5.73 Å². The van der Waals surface area contributed by atoms with E-state index < -0.39 is 0 Å². The van der Waals surface area contributed by atoms with Crippen LogP contribution in [0.3, 0.4) is 0 Å². The second-order valence-electron chi connectivity index (χ2n) is 4.04. The fraction of sp³-hybridized carbons (Fsp3) is 0.231. The first kappa shape index (κ1) is 13.3. The number of hydrogen-bond acceptors (Lipinski definition) is 2. The fourth-order valence-electron chi connectivity index (χ4n) is 1.84. The van der Waals surface area contributed by atoms with Crippen LogP contribution in [0.2, 0.25) is 0 Å². The second-order valence-corrected chi connectivity index (χ2v) is 6.87. The highest BCUT2D eigenvalue weighted by molar-refractivity contribution is 9.10. The SMILES string of the molecule is Cc1cc(Br)ccc1C(N)Cc1cc(Br)cs1. The Kier molecular flexibility index (Phi) is 4.42. The molecular weight excluding hydrogens is 362 g/mol. The minimum atomic E-state index is 0.0636. The zero-order chi connectivity index (χ0) is 12.4. The molecule has 0 amide bonds. The van der Waals surface area contributed by atoms with Crippen LogP contribution in [-0.4, -0.2) is 0 Å². The minimum Gasteiger partial charge on any atom is -0.324 e. The molecule has 1 aromatic heterocycles. The molecule has 2 N–H and O–H groups in total. The Balaban J connectivity index is 2.17. The van der Waals surface area contributed by atoms with Crippen molar-refractivity contribution >= 4 is 43.2 Å². The topological polar surface area (TPSA) is 26.0 Å². The second kappa shape index (κ2) is 5.65. The third kappa shape index (κ3) is 3.41. The zero-order valence-electron chi connectivity index (χ0n) is 9.41. The Morgan fingerprint density at radius 1 is 1.24 bits per heavy atom. The normalized spacial score (nSPS) is 12.7. The molecule has 0 bridgehead atoms. The van der Waals surface area contributed by atoms with Crippen LogP contribution in [-0.2, 0) is 6.42 Å². The van der Waals surface area contributed by atoms with Crippen LogP contribution in [0.15, 0.2) is 38.6 Å². The summed E-state index contributed by atoms with van der Waals surface area (Å²) < 4.78 is 2.24. The van der Waals surface area contributed by atoms with Gasteiger partial charge >= 0.3 is 0 Å². The Morgan fingerprint density at radius 3 is 2.59 bits per heavy atom. The first-order valence-corrected chi connectivity index (χ1v) is 7.77. The van der Waals surface area contributed by atoms with Gasteiger partial charge in [-0.1, -0.05) is 22.0 Å². The lowest BCUT2D eigenvalue weighted by Gasteiger charge is -2.14. The summed E-state index contributed by atoms with van der Waals surface area (Å²) in [5.41, 5.74) is 8.72. The number of benzene rings is 1.